The highest BCUT2D eigenvalue weighted by atomic mass is 16.2. The zero-order valence-electron chi connectivity index (χ0n) is 10.3. The van der Waals surface area contributed by atoms with E-state index in [0.29, 0.717) is 17.3 Å². The van der Waals surface area contributed by atoms with Gasteiger partial charge in [-0.1, -0.05) is 19.3 Å². The van der Waals surface area contributed by atoms with Crippen LogP contribution in [0.3, 0.4) is 0 Å². The molecule has 3 N–H and O–H groups in total. The van der Waals surface area contributed by atoms with Crippen LogP contribution >= 0.6 is 0 Å². The molecule has 0 atom stereocenters. The van der Waals surface area contributed by atoms with Crippen molar-refractivity contribution < 1.29 is 4.79 Å². The van der Waals surface area contributed by atoms with Crippen LogP contribution < -0.4 is 11.1 Å². The average molecular weight is 236 g/mol. The van der Waals surface area contributed by atoms with Crippen LogP contribution in [-0.2, 0) is 7.05 Å². The van der Waals surface area contributed by atoms with E-state index in [4.69, 9.17) is 5.73 Å². The lowest BCUT2D eigenvalue weighted by Crippen LogP contribution is -2.32. The summed E-state index contributed by atoms with van der Waals surface area (Å²) in [5.74, 6) is 0.509. The minimum absolute atomic E-state index is 0.118. The Labute approximate surface area is 101 Å². The summed E-state index contributed by atoms with van der Waals surface area (Å²) in [6.45, 7) is 0.753. The van der Waals surface area contributed by atoms with Crippen LogP contribution in [0.5, 0.6) is 0 Å². The highest BCUT2D eigenvalue weighted by Crippen LogP contribution is 2.22. The lowest BCUT2D eigenvalue weighted by molar-refractivity contribution is 0.0935. The summed E-state index contributed by atoms with van der Waals surface area (Å²) in [7, 11) is 1.73. The summed E-state index contributed by atoms with van der Waals surface area (Å²) >= 11 is 0. The highest BCUT2D eigenvalue weighted by Gasteiger charge is 2.18. The van der Waals surface area contributed by atoms with E-state index in [2.05, 4.69) is 10.4 Å². The molecule has 0 radical (unpaired) electrons. The molecule has 0 bridgehead atoms. The van der Waals surface area contributed by atoms with Gasteiger partial charge in [0, 0.05) is 13.6 Å². The third-order valence-corrected chi connectivity index (χ3v) is 3.46. The SMILES string of the molecule is Cn1ncc(N)c1C(=O)NCC1CCCCC1. The van der Waals surface area contributed by atoms with Gasteiger partial charge in [-0.3, -0.25) is 9.48 Å². The molecule has 5 nitrogen and oxygen atoms in total. The minimum Gasteiger partial charge on any atom is -0.396 e. The van der Waals surface area contributed by atoms with Gasteiger partial charge in [0.2, 0.25) is 0 Å². The number of anilines is 1. The van der Waals surface area contributed by atoms with Gasteiger partial charge in [0.05, 0.1) is 11.9 Å². The van der Waals surface area contributed by atoms with Crippen LogP contribution in [0.4, 0.5) is 5.69 Å². The molecule has 0 aliphatic heterocycles. The quantitative estimate of drug-likeness (QED) is 0.831. The summed E-state index contributed by atoms with van der Waals surface area (Å²) in [4.78, 5) is 11.9. The number of carbonyl (C=O) groups excluding carboxylic acids is 1. The van der Waals surface area contributed by atoms with Gasteiger partial charge < -0.3 is 11.1 Å². The molecular formula is C12H20N4O. The summed E-state index contributed by atoms with van der Waals surface area (Å²) in [6.07, 6.45) is 7.86. The van der Waals surface area contributed by atoms with Crippen LogP contribution in [0.25, 0.3) is 0 Å². The summed E-state index contributed by atoms with van der Waals surface area (Å²) < 4.78 is 1.52. The molecule has 2 rings (SSSR count). The van der Waals surface area contributed by atoms with E-state index in [1.165, 1.54) is 43.0 Å². The summed E-state index contributed by atoms with van der Waals surface area (Å²) in [5.41, 5.74) is 6.60. The number of nitrogens with two attached hydrogens (primary N) is 1. The Morgan fingerprint density at radius 3 is 2.82 bits per heavy atom. The second-order valence-corrected chi connectivity index (χ2v) is 4.79. The topological polar surface area (TPSA) is 72.9 Å². The maximum absolute atomic E-state index is 11.9. The molecule has 1 fully saturated rings. The largest absolute Gasteiger partial charge is 0.396 e. The van der Waals surface area contributed by atoms with E-state index < -0.39 is 0 Å². The van der Waals surface area contributed by atoms with E-state index >= 15 is 0 Å². The van der Waals surface area contributed by atoms with Crippen LogP contribution in [0.1, 0.15) is 42.6 Å². The van der Waals surface area contributed by atoms with Crippen molar-refractivity contribution in [2.24, 2.45) is 13.0 Å². The molecule has 1 aliphatic carbocycles. The normalized spacial score (nSPS) is 17.0. The molecule has 1 aliphatic rings. The molecule has 0 aromatic carbocycles. The molecule has 0 saturated heterocycles. The first-order chi connectivity index (χ1) is 8.18. The number of nitrogens with one attached hydrogen (secondary N) is 1. The van der Waals surface area contributed by atoms with Crippen LogP contribution in [0, 0.1) is 5.92 Å². The number of rotatable bonds is 3. The van der Waals surface area contributed by atoms with Crippen molar-refractivity contribution in [1.29, 1.82) is 0 Å². The number of aryl methyl sites for hydroxylation is 1. The second-order valence-electron chi connectivity index (χ2n) is 4.79. The third-order valence-electron chi connectivity index (χ3n) is 3.46. The van der Waals surface area contributed by atoms with Crippen molar-refractivity contribution in [3.63, 3.8) is 0 Å². The molecule has 0 unspecified atom stereocenters. The predicted octanol–water partition coefficient (Wildman–Crippen LogP) is 1.31. The third kappa shape index (κ3) is 2.78. The van der Waals surface area contributed by atoms with Crippen molar-refractivity contribution in [2.45, 2.75) is 32.1 Å². The van der Waals surface area contributed by atoms with Crippen LogP contribution in [-0.4, -0.2) is 22.2 Å². The molecule has 5 heteroatoms. The molecule has 1 heterocycles. The van der Waals surface area contributed by atoms with Crippen molar-refractivity contribution >= 4 is 11.6 Å². The lowest BCUT2D eigenvalue weighted by Gasteiger charge is -2.21. The fraction of sp³-hybridized carbons (Fsp3) is 0.667. The Bertz CT molecular complexity index is 374. The molecule has 0 spiro atoms. The van der Waals surface area contributed by atoms with Gasteiger partial charge >= 0.3 is 0 Å². The van der Waals surface area contributed by atoms with Gasteiger partial charge in [-0.2, -0.15) is 5.10 Å². The number of nitrogen functional groups attached to an aromatic ring is 1. The van der Waals surface area contributed by atoms with Gasteiger partial charge in [0.25, 0.3) is 5.91 Å². The first-order valence-corrected chi connectivity index (χ1v) is 6.24. The van der Waals surface area contributed by atoms with Gasteiger partial charge in [-0.05, 0) is 18.8 Å². The molecule has 1 aromatic heterocycles. The fourth-order valence-corrected chi connectivity index (χ4v) is 2.44. The molecule has 94 valence electrons. The Balaban J connectivity index is 1.89. The van der Waals surface area contributed by atoms with Crippen molar-refractivity contribution in [3.05, 3.63) is 11.9 Å². The number of hydrogen-bond acceptors (Lipinski definition) is 3. The molecular weight excluding hydrogens is 216 g/mol. The van der Waals surface area contributed by atoms with Crippen molar-refractivity contribution in [1.82, 2.24) is 15.1 Å². The number of hydrogen-bond donors (Lipinski definition) is 2. The maximum Gasteiger partial charge on any atom is 0.271 e. The number of aromatic nitrogens is 2. The monoisotopic (exact) mass is 236 g/mol. The van der Waals surface area contributed by atoms with E-state index in [-0.39, 0.29) is 5.91 Å². The maximum atomic E-state index is 11.9. The number of amides is 1. The first kappa shape index (κ1) is 12.0. The second kappa shape index (κ2) is 5.21. The van der Waals surface area contributed by atoms with Gasteiger partial charge in [0.15, 0.2) is 0 Å². The first-order valence-electron chi connectivity index (χ1n) is 6.24. The smallest absolute Gasteiger partial charge is 0.271 e. The Morgan fingerprint density at radius 1 is 1.53 bits per heavy atom. The lowest BCUT2D eigenvalue weighted by atomic mass is 9.89. The number of nitrogens with zero attached hydrogens (tertiary/aromatic N) is 2. The van der Waals surface area contributed by atoms with E-state index in [1.807, 2.05) is 0 Å². The van der Waals surface area contributed by atoms with Gasteiger partial charge in [-0.25, -0.2) is 0 Å². The van der Waals surface area contributed by atoms with Crippen molar-refractivity contribution in [2.75, 3.05) is 12.3 Å². The molecule has 1 saturated carbocycles. The minimum atomic E-state index is -0.118. The average Bonchev–Trinajstić information content (AvgIpc) is 2.67. The molecule has 1 aromatic rings. The molecule has 17 heavy (non-hydrogen) atoms. The Kier molecular flexibility index (Phi) is 3.66. The fourth-order valence-electron chi connectivity index (χ4n) is 2.44. The van der Waals surface area contributed by atoms with Gasteiger partial charge in [-0.15, -0.1) is 0 Å². The van der Waals surface area contributed by atoms with E-state index in [9.17, 15) is 4.79 Å². The van der Waals surface area contributed by atoms with Crippen LogP contribution in [0.15, 0.2) is 6.20 Å². The zero-order chi connectivity index (χ0) is 12.3. The van der Waals surface area contributed by atoms with E-state index in [0.717, 1.165) is 6.54 Å². The highest BCUT2D eigenvalue weighted by molar-refractivity contribution is 5.97. The van der Waals surface area contributed by atoms with E-state index in [1.54, 1.807) is 7.05 Å². The Hall–Kier alpha value is -1.52. The van der Waals surface area contributed by atoms with Gasteiger partial charge in [0.1, 0.15) is 5.69 Å². The van der Waals surface area contributed by atoms with Crippen molar-refractivity contribution in [3.8, 4) is 0 Å². The summed E-state index contributed by atoms with van der Waals surface area (Å²) in [5, 5.41) is 6.92. The zero-order valence-corrected chi connectivity index (χ0v) is 10.3. The standard InChI is InChI=1S/C12H20N4O/c1-16-11(10(13)8-15-16)12(17)14-7-9-5-3-2-4-6-9/h8-9H,2-7,13H2,1H3,(H,14,17). The predicted molar refractivity (Wildman–Crippen MR) is 66.5 cm³/mol. The molecule has 1 amide bonds. The number of carbonyl (C=O) groups is 1. The Morgan fingerprint density at radius 2 is 2.24 bits per heavy atom. The summed E-state index contributed by atoms with van der Waals surface area (Å²) in [6, 6.07) is 0. The van der Waals surface area contributed by atoms with Crippen LogP contribution in [0.2, 0.25) is 0 Å².